The van der Waals surface area contributed by atoms with Gasteiger partial charge in [0.25, 0.3) is 5.56 Å². The molecule has 0 saturated carbocycles. The first-order chi connectivity index (χ1) is 16.3. The molecule has 0 atom stereocenters. The van der Waals surface area contributed by atoms with Crippen LogP contribution in [0, 0.1) is 0 Å². The molecule has 0 bridgehead atoms. The fourth-order valence-corrected chi connectivity index (χ4v) is 4.30. The van der Waals surface area contributed by atoms with Crippen molar-refractivity contribution in [3.05, 3.63) is 104 Å². The van der Waals surface area contributed by atoms with Crippen LogP contribution < -0.4 is 10.3 Å². The van der Waals surface area contributed by atoms with E-state index < -0.39 is 17.1 Å². The van der Waals surface area contributed by atoms with Crippen LogP contribution in [0.3, 0.4) is 0 Å². The second-order valence-corrected chi connectivity index (χ2v) is 9.56. The summed E-state index contributed by atoms with van der Waals surface area (Å²) in [4.78, 5) is 33.3. The van der Waals surface area contributed by atoms with E-state index >= 15 is 0 Å². The molecular formula is C27H26N2O4S. The number of aromatic amines is 1. The van der Waals surface area contributed by atoms with Crippen molar-refractivity contribution in [2.45, 2.75) is 39.4 Å². The molecule has 1 N–H and O–H groups in total. The van der Waals surface area contributed by atoms with Crippen LogP contribution in [0.5, 0.6) is 5.75 Å². The third-order valence-electron chi connectivity index (χ3n) is 4.93. The number of hydrogen-bond donors (Lipinski definition) is 1. The molecule has 6 nitrogen and oxygen atoms in total. The summed E-state index contributed by atoms with van der Waals surface area (Å²) in [5, 5.41) is 4.09. The van der Waals surface area contributed by atoms with Crippen LogP contribution in [0.25, 0.3) is 11.1 Å². The summed E-state index contributed by atoms with van der Waals surface area (Å²) < 4.78 is 11.3. The maximum atomic E-state index is 13.0. The second kappa shape index (κ2) is 10.1. The predicted octanol–water partition coefficient (Wildman–Crippen LogP) is 5.62. The largest absolute Gasteiger partial charge is 0.481 e. The van der Waals surface area contributed by atoms with Gasteiger partial charge in [0.1, 0.15) is 18.0 Å². The molecule has 4 aromatic rings. The number of benzene rings is 2. The maximum Gasteiger partial charge on any atom is 0.361 e. The van der Waals surface area contributed by atoms with Crippen molar-refractivity contribution in [3.8, 4) is 16.9 Å². The van der Waals surface area contributed by atoms with Gasteiger partial charge in [0.15, 0.2) is 5.69 Å². The van der Waals surface area contributed by atoms with Crippen molar-refractivity contribution in [1.82, 2.24) is 9.97 Å². The molecular weight excluding hydrogens is 448 g/mol. The number of carbonyl (C=O) groups excluding carboxylic acids is 1. The molecule has 2 heterocycles. The number of nitrogens with one attached hydrogen (secondary N) is 1. The zero-order valence-corrected chi connectivity index (χ0v) is 20.1. The molecule has 0 fully saturated rings. The number of hydrogen-bond acceptors (Lipinski definition) is 6. The highest BCUT2D eigenvalue weighted by molar-refractivity contribution is 7.08. The summed E-state index contributed by atoms with van der Waals surface area (Å²) in [6.07, 6.45) is 0.359. The average molecular weight is 475 g/mol. The van der Waals surface area contributed by atoms with Crippen molar-refractivity contribution in [2.75, 3.05) is 0 Å². The summed E-state index contributed by atoms with van der Waals surface area (Å²) in [5.74, 6) is -0.472. The smallest absolute Gasteiger partial charge is 0.361 e. The van der Waals surface area contributed by atoms with Gasteiger partial charge in [0.2, 0.25) is 5.75 Å². The Balaban J connectivity index is 1.68. The maximum absolute atomic E-state index is 13.0. The van der Waals surface area contributed by atoms with E-state index in [1.54, 1.807) is 32.1 Å². The molecule has 34 heavy (non-hydrogen) atoms. The molecule has 0 aliphatic heterocycles. The molecule has 2 aromatic carbocycles. The summed E-state index contributed by atoms with van der Waals surface area (Å²) in [6.45, 7) is 5.42. The minimum atomic E-state index is -0.744. The van der Waals surface area contributed by atoms with Gasteiger partial charge in [-0.3, -0.25) is 4.79 Å². The molecule has 0 unspecified atom stereocenters. The minimum Gasteiger partial charge on any atom is -0.481 e. The first-order valence-corrected chi connectivity index (χ1v) is 11.9. The van der Waals surface area contributed by atoms with Crippen molar-refractivity contribution in [2.24, 2.45) is 0 Å². The molecule has 0 saturated heterocycles. The van der Waals surface area contributed by atoms with E-state index in [1.165, 1.54) is 0 Å². The van der Waals surface area contributed by atoms with Crippen molar-refractivity contribution < 1.29 is 14.3 Å². The van der Waals surface area contributed by atoms with E-state index in [2.05, 4.69) is 15.3 Å². The molecule has 0 aliphatic carbocycles. The fraction of sp³-hybridized carbons (Fsp3) is 0.222. The molecule has 0 spiro atoms. The van der Waals surface area contributed by atoms with Crippen LogP contribution in [-0.2, 0) is 17.8 Å². The van der Waals surface area contributed by atoms with Gasteiger partial charge in [0.05, 0.1) is 0 Å². The van der Waals surface area contributed by atoms with E-state index in [0.29, 0.717) is 12.2 Å². The molecule has 4 rings (SSSR count). The Labute approximate surface area is 202 Å². The van der Waals surface area contributed by atoms with E-state index in [0.717, 1.165) is 22.3 Å². The minimum absolute atomic E-state index is 0.124. The van der Waals surface area contributed by atoms with Gasteiger partial charge in [0, 0.05) is 6.42 Å². The fourth-order valence-electron chi connectivity index (χ4n) is 3.43. The standard InChI is InChI=1S/C27H26N2O4S/c1-27(2,3)33-26(31)23-24(32-15-18-10-6-4-7-11-18)25(30)29-22(28-23)14-20-16-34-17-21(20)19-12-8-5-9-13-19/h4-13,16-17H,14-15H2,1-3H3,(H,28,29,30). The van der Waals surface area contributed by atoms with Crippen LogP contribution in [0.2, 0.25) is 0 Å². The number of esters is 1. The van der Waals surface area contributed by atoms with Crippen molar-refractivity contribution in [3.63, 3.8) is 0 Å². The lowest BCUT2D eigenvalue weighted by atomic mass is 10.0. The number of H-pyrrole nitrogens is 1. The highest BCUT2D eigenvalue weighted by Gasteiger charge is 2.26. The highest BCUT2D eigenvalue weighted by Crippen LogP contribution is 2.29. The molecule has 0 aliphatic rings. The molecule has 174 valence electrons. The SMILES string of the molecule is CC(C)(C)OC(=O)c1nc(Cc2cscc2-c2ccccc2)[nH]c(=O)c1OCc1ccccc1. The van der Waals surface area contributed by atoms with Gasteiger partial charge in [-0.2, -0.15) is 11.3 Å². The topological polar surface area (TPSA) is 81.3 Å². The summed E-state index contributed by atoms with van der Waals surface area (Å²) in [6, 6.07) is 19.4. The Bertz CT molecular complexity index is 1320. The quantitative estimate of drug-likeness (QED) is 0.352. The molecule has 0 amide bonds. The highest BCUT2D eigenvalue weighted by atomic mass is 32.1. The van der Waals surface area contributed by atoms with E-state index in [-0.39, 0.29) is 18.1 Å². The normalized spacial score (nSPS) is 11.3. The lowest BCUT2D eigenvalue weighted by Crippen LogP contribution is -2.28. The monoisotopic (exact) mass is 474 g/mol. The summed E-state index contributed by atoms with van der Waals surface area (Å²) >= 11 is 1.58. The van der Waals surface area contributed by atoms with Gasteiger partial charge in [-0.15, -0.1) is 0 Å². The average Bonchev–Trinajstić information content (AvgIpc) is 3.26. The van der Waals surface area contributed by atoms with Gasteiger partial charge in [-0.1, -0.05) is 60.7 Å². The number of thiophene rings is 1. The van der Waals surface area contributed by atoms with E-state index in [1.807, 2.05) is 66.0 Å². The zero-order valence-electron chi connectivity index (χ0n) is 19.3. The van der Waals surface area contributed by atoms with Crippen LogP contribution in [0.15, 0.2) is 76.2 Å². The third-order valence-corrected chi connectivity index (χ3v) is 5.72. The van der Waals surface area contributed by atoms with Crippen LogP contribution >= 0.6 is 11.3 Å². The lowest BCUT2D eigenvalue weighted by Gasteiger charge is -2.20. The number of aromatic nitrogens is 2. The van der Waals surface area contributed by atoms with Crippen LogP contribution in [0.4, 0.5) is 0 Å². The van der Waals surface area contributed by atoms with Gasteiger partial charge in [-0.05, 0) is 53.8 Å². The Kier molecular flexibility index (Phi) is 6.93. The first kappa shape index (κ1) is 23.4. The Morgan fingerprint density at radius 3 is 2.35 bits per heavy atom. The van der Waals surface area contributed by atoms with Crippen LogP contribution in [0.1, 0.15) is 48.2 Å². The van der Waals surface area contributed by atoms with E-state index in [9.17, 15) is 9.59 Å². The molecule has 2 aromatic heterocycles. The van der Waals surface area contributed by atoms with Crippen molar-refractivity contribution >= 4 is 17.3 Å². The van der Waals surface area contributed by atoms with Crippen LogP contribution in [-0.4, -0.2) is 21.5 Å². The first-order valence-electron chi connectivity index (χ1n) is 10.9. The number of carbonyl (C=O) groups is 1. The predicted molar refractivity (Wildman–Crippen MR) is 133 cm³/mol. The number of ether oxygens (including phenoxy) is 2. The van der Waals surface area contributed by atoms with Gasteiger partial charge < -0.3 is 14.5 Å². The van der Waals surface area contributed by atoms with Crippen molar-refractivity contribution in [1.29, 1.82) is 0 Å². The number of rotatable bonds is 7. The summed E-state index contributed by atoms with van der Waals surface area (Å²) in [5.41, 5.74) is 2.64. The molecule has 7 heteroatoms. The Morgan fingerprint density at radius 1 is 1.00 bits per heavy atom. The number of nitrogens with zero attached hydrogens (tertiary/aromatic N) is 1. The Hall–Kier alpha value is -3.71. The van der Waals surface area contributed by atoms with E-state index in [4.69, 9.17) is 9.47 Å². The summed E-state index contributed by atoms with van der Waals surface area (Å²) in [7, 11) is 0. The van der Waals surface area contributed by atoms with Gasteiger partial charge in [-0.25, -0.2) is 9.78 Å². The lowest BCUT2D eigenvalue weighted by molar-refractivity contribution is 0.00573. The Morgan fingerprint density at radius 2 is 1.68 bits per heavy atom. The second-order valence-electron chi connectivity index (χ2n) is 8.82. The third kappa shape index (κ3) is 5.80. The zero-order chi connectivity index (χ0) is 24.1. The molecule has 0 radical (unpaired) electrons. The van der Waals surface area contributed by atoms with Gasteiger partial charge >= 0.3 is 5.97 Å².